The first kappa shape index (κ1) is 18.8. The van der Waals surface area contributed by atoms with E-state index < -0.39 is 0 Å². The summed E-state index contributed by atoms with van der Waals surface area (Å²) in [6.07, 6.45) is 1.08. The highest BCUT2D eigenvalue weighted by Crippen LogP contribution is 2.37. The summed E-state index contributed by atoms with van der Waals surface area (Å²) in [6.45, 7) is 8.85. The third-order valence-corrected chi connectivity index (χ3v) is 4.07. The Morgan fingerprint density at radius 3 is 2.48 bits per heavy atom. The molecule has 0 atom stereocenters. The van der Waals surface area contributed by atoms with Gasteiger partial charge in [0.25, 0.3) is 0 Å². The summed E-state index contributed by atoms with van der Waals surface area (Å²) in [5.41, 5.74) is 1.14. The number of alkyl halides is 1. The van der Waals surface area contributed by atoms with E-state index in [-0.39, 0.29) is 0 Å². The maximum absolute atomic E-state index is 5.81. The molecule has 21 heavy (non-hydrogen) atoms. The summed E-state index contributed by atoms with van der Waals surface area (Å²) >= 11 is 7.00. The zero-order valence-electron chi connectivity index (χ0n) is 13.0. The third-order valence-electron chi connectivity index (χ3n) is 2.84. The third kappa shape index (κ3) is 7.02. The topological polar surface area (TPSA) is 27.7 Å². The Morgan fingerprint density at radius 2 is 1.86 bits per heavy atom. The molecule has 0 aliphatic heterocycles. The second kappa shape index (κ2) is 10.5. The van der Waals surface area contributed by atoms with Gasteiger partial charge in [0.05, 0.1) is 17.7 Å². The molecule has 0 unspecified atom stereocenters. The van der Waals surface area contributed by atoms with Crippen LogP contribution in [0.1, 0.15) is 32.8 Å². The van der Waals surface area contributed by atoms with Crippen molar-refractivity contribution in [2.75, 3.05) is 26.4 Å². The van der Waals surface area contributed by atoms with Gasteiger partial charge >= 0.3 is 0 Å². The van der Waals surface area contributed by atoms with E-state index >= 15 is 0 Å². The summed E-state index contributed by atoms with van der Waals surface area (Å²) in [6, 6.07) is 4.03. The van der Waals surface area contributed by atoms with Crippen LogP contribution >= 0.6 is 31.9 Å². The Bertz CT molecular complexity index is 422. The summed E-state index contributed by atoms with van der Waals surface area (Å²) in [7, 11) is 0. The molecule has 5 heteroatoms. The number of rotatable bonds is 10. The molecule has 0 N–H and O–H groups in total. The van der Waals surface area contributed by atoms with Crippen molar-refractivity contribution in [3.05, 3.63) is 22.2 Å². The van der Waals surface area contributed by atoms with Gasteiger partial charge in [-0.05, 0) is 52.9 Å². The Morgan fingerprint density at radius 1 is 1.10 bits per heavy atom. The minimum absolute atomic E-state index is 0.518. The fraction of sp³-hybridized carbons (Fsp3) is 0.625. The van der Waals surface area contributed by atoms with Crippen LogP contribution in [0.25, 0.3) is 0 Å². The van der Waals surface area contributed by atoms with Crippen LogP contribution in [0.4, 0.5) is 0 Å². The summed E-state index contributed by atoms with van der Waals surface area (Å²) in [5, 5.41) is 0.782. The van der Waals surface area contributed by atoms with Crippen molar-refractivity contribution in [3.8, 4) is 11.5 Å². The van der Waals surface area contributed by atoms with Gasteiger partial charge in [0.2, 0.25) is 0 Å². The maximum Gasteiger partial charge on any atom is 0.175 e. The second-order valence-corrected chi connectivity index (χ2v) is 6.53. The molecule has 1 rings (SSSR count). The minimum Gasteiger partial charge on any atom is -0.490 e. The van der Waals surface area contributed by atoms with E-state index in [0.29, 0.717) is 25.7 Å². The lowest BCUT2D eigenvalue weighted by Crippen LogP contribution is -2.10. The van der Waals surface area contributed by atoms with Gasteiger partial charge < -0.3 is 14.2 Å². The van der Waals surface area contributed by atoms with E-state index in [2.05, 4.69) is 45.7 Å². The van der Waals surface area contributed by atoms with Gasteiger partial charge in [0.15, 0.2) is 11.5 Å². The fourth-order valence-electron chi connectivity index (χ4n) is 1.73. The van der Waals surface area contributed by atoms with E-state index in [9.17, 15) is 0 Å². The van der Waals surface area contributed by atoms with Gasteiger partial charge in [-0.2, -0.15) is 0 Å². The van der Waals surface area contributed by atoms with Crippen LogP contribution < -0.4 is 9.47 Å². The Kier molecular flexibility index (Phi) is 9.36. The summed E-state index contributed by atoms with van der Waals surface area (Å²) < 4.78 is 17.9. The van der Waals surface area contributed by atoms with Crippen LogP contribution in [0.3, 0.4) is 0 Å². The molecule has 0 radical (unpaired) electrons. The molecular weight excluding hydrogens is 400 g/mol. The number of hydrogen-bond donors (Lipinski definition) is 0. The molecule has 120 valence electrons. The lowest BCUT2D eigenvalue weighted by molar-refractivity contribution is 0.0911. The van der Waals surface area contributed by atoms with Gasteiger partial charge in [0.1, 0.15) is 6.61 Å². The van der Waals surface area contributed by atoms with E-state index in [0.717, 1.165) is 39.9 Å². The molecule has 0 aromatic heterocycles. The smallest absolute Gasteiger partial charge is 0.175 e. The molecule has 1 aromatic carbocycles. The lowest BCUT2D eigenvalue weighted by atomic mass is 10.1. The SMILES string of the molecule is CCOc1cc(CBr)cc(Br)c1OCCOCCC(C)C. The molecule has 0 amide bonds. The molecule has 3 nitrogen and oxygen atoms in total. The van der Waals surface area contributed by atoms with Crippen LogP contribution in [-0.4, -0.2) is 26.4 Å². The predicted molar refractivity (Wildman–Crippen MR) is 93.7 cm³/mol. The van der Waals surface area contributed by atoms with Crippen molar-refractivity contribution >= 4 is 31.9 Å². The average Bonchev–Trinajstić information content (AvgIpc) is 2.44. The molecule has 0 saturated carbocycles. The molecule has 1 aromatic rings. The van der Waals surface area contributed by atoms with Gasteiger partial charge in [-0.25, -0.2) is 0 Å². The van der Waals surface area contributed by atoms with Gasteiger partial charge in [-0.15, -0.1) is 0 Å². The van der Waals surface area contributed by atoms with E-state index in [1.54, 1.807) is 0 Å². The minimum atomic E-state index is 0.518. The van der Waals surface area contributed by atoms with E-state index in [1.807, 2.05) is 19.1 Å². The Balaban J connectivity index is 2.53. The van der Waals surface area contributed by atoms with Crippen molar-refractivity contribution in [1.29, 1.82) is 0 Å². The predicted octanol–water partition coefficient (Wildman–Crippen LogP) is 5.18. The van der Waals surface area contributed by atoms with Crippen molar-refractivity contribution in [3.63, 3.8) is 0 Å². The zero-order valence-corrected chi connectivity index (χ0v) is 16.1. The first-order valence-electron chi connectivity index (χ1n) is 7.30. The molecule has 0 bridgehead atoms. The van der Waals surface area contributed by atoms with Gasteiger partial charge in [-0.3, -0.25) is 0 Å². The number of halogens is 2. The largest absolute Gasteiger partial charge is 0.490 e. The normalized spacial score (nSPS) is 11.0. The standard InChI is InChI=1S/C16H24Br2O3/c1-4-20-15-10-13(11-17)9-14(18)16(15)21-8-7-19-6-5-12(2)3/h9-10,12H,4-8,11H2,1-3H3. The lowest BCUT2D eigenvalue weighted by Gasteiger charge is -2.15. The monoisotopic (exact) mass is 422 g/mol. The highest BCUT2D eigenvalue weighted by Gasteiger charge is 2.12. The van der Waals surface area contributed by atoms with Crippen LogP contribution in [0, 0.1) is 5.92 Å². The second-order valence-electron chi connectivity index (χ2n) is 5.11. The van der Waals surface area contributed by atoms with Crippen LogP contribution in [0.15, 0.2) is 16.6 Å². The highest BCUT2D eigenvalue weighted by atomic mass is 79.9. The fourth-order valence-corrected chi connectivity index (χ4v) is 2.65. The average molecular weight is 424 g/mol. The van der Waals surface area contributed by atoms with E-state index in [1.165, 1.54) is 0 Å². The summed E-state index contributed by atoms with van der Waals surface area (Å²) in [5.74, 6) is 2.18. The molecule has 0 heterocycles. The molecule has 0 spiro atoms. The molecule has 0 saturated heterocycles. The highest BCUT2D eigenvalue weighted by molar-refractivity contribution is 9.10. The Labute approximate surface area is 144 Å². The van der Waals surface area contributed by atoms with Crippen LogP contribution in [0.5, 0.6) is 11.5 Å². The summed E-state index contributed by atoms with van der Waals surface area (Å²) in [4.78, 5) is 0. The van der Waals surface area contributed by atoms with Crippen molar-refractivity contribution < 1.29 is 14.2 Å². The molecule has 0 aliphatic rings. The molecule has 0 aliphatic carbocycles. The first-order chi connectivity index (χ1) is 10.1. The molecule has 0 fully saturated rings. The molecular formula is C16H24Br2O3. The number of ether oxygens (including phenoxy) is 3. The van der Waals surface area contributed by atoms with E-state index in [4.69, 9.17) is 14.2 Å². The van der Waals surface area contributed by atoms with Gasteiger partial charge in [0, 0.05) is 11.9 Å². The first-order valence-corrected chi connectivity index (χ1v) is 9.21. The zero-order chi connectivity index (χ0) is 15.7. The van der Waals surface area contributed by atoms with Crippen molar-refractivity contribution in [2.45, 2.75) is 32.5 Å². The maximum atomic E-state index is 5.81. The Hall–Kier alpha value is -0.260. The van der Waals surface area contributed by atoms with Crippen molar-refractivity contribution in [2.24, 2.45) is 5.92 Å². The van der Waals surface area contributed by atoms with Gasteiger partial charge in [-0.1, -0.05) is 29.8 Å². The number of hydrogen-bond acceptors (Lipinski definition) is 3. The van der Waals surface area contributed by atoms with Crippen LogP contribution in [-0.2, 0) is 10.1 Å². The number of benzene rings is 1. The quantitative estimate of drug-likeness (QED) is 0.383. The van der Waals surface area contributed by atoms with Crippen molar-refractivity contribution in [1.82, 2.24) is 0 Å². The van der Waals surface area contributed by atoms with Crippen LogP contribution in [0.2, 0.25) is 0 Å².